The van der Waals surface area contributed by atoms with Crippen LogP contribution in [0.1, 0.15) is 11.1 Å². The summed E-state index contributed by atoms with van der Waals surface area (Å²) in [6.07, 6.45) is -3.28. The van der Waals surface area contributed by atoms with Crippen molar-refractivity contribution in [3.05, 3.63) is 39.8 Å². The molecule has 6 heteroatoms. The van der Waals surface area contributed by atoms with Gasteiger partial charge in [-0.15, -0.1) is 0 Å². The molecule has 0 radical (unpaired) electrons. The predicted octanol–water partition coefficient (Wildman–Crippen LogP) is 2.25. The minimum Gasteiger partial charge on any atom is -0.320 e. The summed E-state index contributed by atoms with van der Waals surface area (Å²) >= 11 is 0. The van der Waals surface area contributed by atoms with E-state index in [4.69, 9.17) is 0 Å². The van der Waals surface area contributed by atoms with E-state index < -0.39 is 17.3 Å². The highest BCUT2D eigenvalue weighted by molar-refractivity contribution is 5.78. The Morgan fingerprint density at radius 2 is 2.06 bits per heavy atom. The number of aryl methyl sites for hydroxylation is 1. The second-order valence-electron chi connectivity index (χ2n) is 3.35. The first kappa shape index (κ1) is 10.7. The van der Waals surface area contributed by atoms with Crippen LogP contribution in [0.5, 0.6) is 0 Å². The number of hydrogen-bond donors (Lipinski definition) is 1. The van der Waals surface area contributed by atoms with Gasteiger partial charge in [0.05, 0.1) is 11.0 Å². The van der Waals surface area contributed by atoms with Crippen LogP contribution < -0.4 is 5.56 Å². The summed E-state index contributed by atoms with van der Waals surface area (Å²) in [5.74, 6) is 0. The first-order chi connectivity index (χ1) is 7.41. The maximum Gasteiger partial charge on any atom is 0.422 e. The van der Waals surface area contributed by atoms with E-state index in [1.54, 1.807) is 6.07 Å². The number of rotatable bonds is 0. The smallest absolute Gasteiger partial charge is 0.320 e. The second kappa shape index (κ2) is 3.33. The maximum absolute atomic E-state index is 12.6. The Morgan fingerprint density at radius 3 is 2.69 bits per heavy atom. The lowest BCUT2D eigenvalue weighted by molar-refractivity contribution is -0.139. The molecule has 0 atom stereocenters. The lowest BCUT2D eigenvalue weighted by Crippen LogP contribution is -2.23. The van der Waals surface area contributed by atoms with Gasteiger partial charge in [0.1, 0.15) is 5.56 Å². The third-order valence-electron chi connectivity index (χ3n) is 2.30. The molecule has 0 saturated carbocycles. The number of alkyl halides is 3. The van der Waals surface area contributed by atoms with E-state index in [2.05, 4.69) is 9.97 Å². The first-order valence-electron chi connectivity index (χ1n) is 4.46. The molecule has 0 aromatic carbocycles. The maximum atomic E-state index is 12.6. The zero-order valence-corrected chi connectivity index (χ0v) is 8.22. The summed E-state index contributed by atoms with van der Waals surface area (Å²) in [6.45, 7) is 1.24. The normalized spacial score (nSPS) is 12.0. The average molecular weight is 228 g/mol. The van der Waals surface area contributed by atoms with E-state index in [0.29, 0.717) is 5.52 Å². The molecule has 2 aromatic heterocycles. The van der Waals surface area contributed by atoms with Gasteiger partial charge in [-0.1, -0.05) is 0 Å². The Kier molecular flexibility index (Phi) is 2.22. The van der Waals surface area contributed by atoms with Crippen molar-refractivity contribution in [2.75, 3.05) is 0 Å². The van der Waals surface area contributed by atoms with Crippen LogP contribution in [0.15, 0.2) is 23.1 Å². The molecule has 0 bridgehead atoms. The van der Waals surface area contributed by atoms with Crippen molar-refractivity contribution in [2.24, 2.45) is 0 Å². The summed E-state index contributed by atoms with van der Waals surface area (Å²) in [5.41, 5.74) is -2.00. The fraction of sp³-hybridized carbons (Fsp3) is 0.200. The SMILES string of the molecule is Cc1c(C(F)(F)F)c(=O)[nH]c2cccnc12. The van der Waals surface area contributed by atoms with Crippen LogP contribution in [0.4, 0.5) is 13.2 Å². The molecule has 84 valence electrons. The van der Waals surface area contributed by atoms with Gasteiger partial charge in [-0.25, -0.2) is 0 Å². The molecule has 0 saturated heterocycles. The van der Waals surface area contributed by atoms with E-state index in [0.717, 1.165) is 0 Å². The molecule has 2 heterocycles. The quantitative estimate of drug-likeness (QED) is 0.751. The molecule has 0 aliphatic carbocycles. The highest BCUT2D eigenvalue weighted by atomic mass is 19.4. The molecule has 0 aliphatic rings. The standard InChI is InChI=1S/C10H7F3N2O/c1-5-7(10(11,12)13)9(16)15-6-3-2-4-14-8(5)6/h2-4H,1H3,(H,15,16). The molecule has 2 rings (SSSR count). The number of halogens is 3. The number of nitrogens with one attached hydrogen (secondary N) is 1. The molecule has 0 fully saturated rings. The van der Waals surface area contributed by atoms with E-state index in [1.807, 2.05) is 0 Å². The lowest BCUT2D eigenvalue weighted by Gasteiger charge is -2.10. The fourth-order valence-electron chi connectivity index (χ4n) is 1.62. The van der Waals surface area contributed by atoms with Gasteiger partial charge in [-0.2, -0.15) is 13.2 Å². The molecule has 1 N–H and O–H groups in total. The zero-order valence-electron chi connectivity index (χ0n) is 8.22. The van der Waals surface area contributed by atoms with Crippen LogP contribution in [0.3, 0.4) is 0 Å². The van der Waals surface area contributed by atoms with Crippen molar-refractivity contribution in [1.82, 2.24) is 9.97 Å². The number of nitrogens with zero attached hydrogens (tertiary/aromatic N) is 1. The van der Waals surface area contributed by atoms with Gasteiger partial charge in [0, 0.05) is 6.20 Å². The Bertz CT molecular complexity index is 601. The van der Waals surface area contributed by atoms with E-state index in [1.165, 1.54) is 19.2 Å². The van der Waals surface area contributed by atoms with Gasteiger partial charge in [-0.3, -0.25) is 9.78 Å². The van der Waals surface area contributed by atoms with Crippen molar-refractivity contribution >= 4 is 11.0 Å². The van der Waals surface area contributed by atoms with Crippen molar-refractivity contribution in [1.29, 1.82) is 0 Å². The highest BCUT2D eigenvalue weighted by Gasteiger charge is 2.36. The van der Waals surface area contributed by atoms with Crippen LogP contribution in [-0.2, 0) is 6.18 Å². The predicted molar refractivity (Wildman–Crippen MR) is 52.1 cm³/mol. The van der Waals surface area contributed by atoms with Crippen molar-refractivity contribution < 1.29 is 13.2 Å². The number of H-pyrrole nitrogens is 1. The van der Waals surface area contributed by atoms with Crippen molar-refractivity contribution in [3.8, 4) is 0 Å². The van der Waals surface area contributed by atoms with E-state index >= 15 is 0 Å². The molecule has 2 aromatic rings. The molecule has 0 spiro atoms. The summed E-state index contributed by atoms with van der Waals surface area (Å²) < 4.78 is 37.8. The third kappa shape index (κ3) is 1.56. The van der Waals surface area contributed by atoms with Crippen LogP contribution in [0.2, 0.25) is 0 Å². The summed E-state index contributed by atoms with van der Waals surface area (Å²) in [4.78, 5) is 17.3. The molecule has 0 aliphatic heterocycles. The monoisotopic (exact) mass is 228 g/mol. The fourth-order valence-corrected chi connectivity index (χ4v) is 1.62. The molecular formula is C10H7F3N2O. The number of aromatic amines is 1. The van der Waals surface area contributed by atoms with Crippen LogP contribution in [0, 0.1) is 6.92 Å². The number of fused-ring (bicyclic) bond motifs is 1. The van der Waals surface area contributed by atoms with Gasteiger partial charge in [0.2, 0.25) is 0 Å². The zero-order chi connectivity index (χ0) is 11.9. The number of pyridine rings is 2. The minimum absolute atomic E-state index is 0.146. The lowest BCUT2D eigenvalue weighted by atomic mass is 10.1. The first-order valence-corrected chi connectivity index (χ1v) is 4.46. The topological polar surface area (TPSA) is 45.8 Å². The summed E-state index contributed by atoms with van der Waals surface area (Å²) in [7, 11) is 0. The van der Waals surface area contributed by atoms with Crippen LogP contribution in [0.25, 0.3) is 11.0 Å². The van der Waals surface area contributed by atoms with Gasteiger partial charge in [-0.05, 0) is 24.6 Å². The average Bonchev–Trinajstić information content (AvgIpc) is 2.15. The van der Waals surface area contributed by atoms with Crippen LogP contribution in [-0.4, -0.2) is 9.97 Å². The molecule has 0 unspecified atom stereocenters. The summed E-state index contributed by atoms with van der Waals surface area (Å²) in [6, 6.07) is 3.06. The van der Waals surface area contributed by atoms with Gasteiger partial charge >= 0.3 is 6.18 Å². The molecule has 0 amide bonds. The second-order valence-corrected chi connectivity index (χ2v) is 3.35. The van der Waals surface area contributed by atoms with Gasteiger partial charge in [0.25, 0.3) is 5.56 Å². The Hall–Kier alpha value is -1.85. The number of hydrogen-bond acceptors (Lipinski definition) is 2. The Morgan fingerprint density at radius 1 is 1.38 bits per heavy atom. The molecular weight excluding hydrogens is 221 g/mol. The highest BCUT2D eigenvalue weighted by Crippen LogP contribution is 2.30. The van der Waals surface area contributed by atoms with E-state index in [9.17, 15) is 18.0 Å². The largest absolute Gasteiger partial charge is 0.422 e. The van der Waals surface area contributed by atoms with Crippen molar-refractivity contribution in [2.45, 2.75) is 13.1 Å². The van der Waals surface area contributed by atoms with Gasteiger partial charge in [0.15, 0.2) is 0 Å². The Labute approximate surface area is 87.9 Å². The summed E-state index contributed by atoms with van der Waals surface area (Å²) in [5, 5.41) is 0. The minimum atomic E-state index is -4.66. The van der Waals surface area contributed by atoms with E-state index in [-0.39, 0.29) is 11.1 Å². The molecule has 3 nitrogen and oxygen atoms in total. The van der Waals surface area contributed by atoms with Gasteiger partial charge < -0.3 is 4.98 Å². The van der Waals surface area contributed by atoms with Crippen molar-refractivity contribution in [3.63, 3.8) is 0 Å². The molecule has 16 heavy (non-hydrogen) atoms. The third-order valence-corrected chi connectivity index (χ3v) is 2.30. The Balaban J connectivity index is 2.92. The number of aromatic nitrogens is 2. The van der Waals surface area contributed by atoms with Crippen LogP contribution >= 0.6 is 0 Å².